The molecule has 0 bridgehead atoms. The van der Waals surface area contributed by atoms with Crippen LogP contribution in [-0.4, -0.2) is 27.9 Å². The maximum atomic E-state index is 4.37. The highest BCUT2D eigenvalue weighted by atomic mass is 15.3. The topological polar surface area (TPSA) is 42.7 Å². The predicted octanol–water partition coefficient (Wildman–Crippen LogP) is 2.28. The fraction of sp³-hybridized carbons (Fsp3) is 0.846. The lowest BCUT2D eigenvalue weighted by Crippen LogP contribution is -2.26. The maximum absolute atomic E-state index is 4.37. The van der Waals surface area contributed by atoms with Crippen LogP contribution in [0.1, 0.15) is 46.5 Å². The Hall–Kier alpha value is -0.900. The third kappa shape index (κ3) is 4.11. The van der Waals surface area contributed by atoms with Gasteiger partial charge in [-0.15, -0.1) is 0 Å². The van der Waals surface area contributed by atoms with E-state index in [1.165, 1.54) is 0 Å². The highest BCUT2D eigenvalue weighted by Crippen LogP contribution is 2.16. The molecule has 0 aliphatic carbocycles. The Balaban J connectivity index is 2.55. The highest BCUT2D eigenvalue weighted by Gasteiger charge is 2.16. The smallest absolute Gasteiger partial charge is 0.138 e. The summed E-state index contributed by atoms with van der Waals surface area (Å²) in [4.78, 5) is 4.37. The van der Waals surface area contributed by atoms with Gasteiger partial charge in [0.15, 0.2) is 0 Å². The van der Waals surface area contributed by atoms with E-state index in [1.807, 2.05) is 4.68 Å². The number of aromatic nitrogens is 3. The van der Waals surface area contributed by atoms with Crippen molar-refractivity contribution in [1.29, 1.82) is 0 Å². The van der Waals surface area contributed by atoms with Crippen LogP contribution in [-0.2, 0) is 6.42 Å². The van der Waals surface area contributed by atoms with Gasteiger partial charge in [-0.1, -0.05) is 20.8 Å². The molecular weight excluding hydrogens is 212 g/mol. The van der Waals surface area contributed by atoms with Gasteiger partial charge in [-0.2, -0.15) is 5.10 Å². The van der Waals surface area contributed by atoms with Crippen molar-refractivity contribution in [2.45, 2.75) is 47.1 Å². The van der Waals surface area contributed by atoms with Crippen LogP contribution >= 0.6 is 0 Å². The number of nitrogens with one attached hydrogen (secondary N) is 1. The molecule has 0 fully saturated rings. The molecule has 1 N–H and O–H groups in total. The largest absolute Gasteiger partial charge is 0.317 e. The third-order valence-electron chi connectivity index (χ3n) is 3.33. The molecule has 98 valence electrons. The second-order valence-electron chi connectivity index (χ2n) is 5.18. The first-order chi connectivity index (χ1) is 8.06. The lowest BCUT2D eigenvalue weighted by molar-refractivity contribution is 0.352. The van der Waals surface area contributed by atoms with Crippen LogP contribution in [0.3, 0.4) is 0 Å². The zero-order valence-electron chi connectivity index (χ0n) is 11.8. The van der Waals surface area contributed by atoms with Crippen molar-refractivity contribution in [3.63, 3.8) is 0 Å². The average Bonchev–Trinajstić information content (AvgIpc) is 2.73. The fourth-order valence-corrected chi connectivity index (χ4v) is 1.91. The maximum Gasteiger partial charge on any atom is 0.138 e. The molecule has 0 amide bonds. The standard InChI is InChI=1S/C13H26N4/c1-6-14-8-12(5)11(4)7-13-15-9-16-17(13)10(2)3/h9-12,14H,6-8H2,1-5H3. The van der Waals surface area contributed by atoms with Gasteiger partial charge in [0.1, 0.15) is 12.2 Å². The first-order valence-corrected chi connectivity index (χ1v) is 6.65. The van der Waals surface area contributed by atoms with Crippen molar-refractivity contribution in [2.24, 2.45) is 11.8 Å². The number of hydrogen-bond acceptors (Lipinski definition) is 3. The molecule has 0 aliphatic heterocycles. The molecule has 17 heavy (non-hydrogen) atoms. The molecule has 0 saturated carbocycles. The SMILES string of the molecule is CCNCC(C)C(C)Cc1ncnn1C(C)C. The Labute approximate surface area is 105 Å². The van der Waals surface area contributed by atoms with E-state index in [4.69, 9.17) is 0 Å². The number of hydrogen-bond donors (Lipinski definition) is 1. The van der Waals surface area contributed by atoms with Gasteiger partial charge >= 0.3 is 0 Å². The van der Waals surface area contributed by atoms with E-state index in [9.17, 15) is 0 Å². The highest BCUT2D eigenvalue weighted by molar-refractivity contribution is 4.89. The fourth-order valence-electron chi connectivity index (χ4n) is 1.91. The summed E-state index contributed by atoms with van der Waals surface area (Å²) in [6.07, 6.45) is 2.67. The molecule has 4 heteroatoms. The second kappa shape index (κ2) is 6.74. The van der Waals surface area contributed by atoms with Crippen molar-refractivity contribution in [3.05, 3.63) is 12.2 Å². The summed E-state index contributed by atoms with van der Waals surface area (Å²) in [6.45, 7) is 13.1. The Bertz CT molecular complexity index is 319. The normalized spacial score (nSPS) is 15.2. The van der Waals surface area contributed by atoms with Crippen LogP contribution in [0.2, 0.25) is 0 Å². The van der Waals surface area contributed by atoms with Crippen molar-refractivity contribution < 1.29 is 0 Å². The van der Waals surface area contributed by atoms with Gasteiger partial charge in [-0.25, -0.2) is 9.67 Å². The average molecular weight is 238 g/mol. The van der Waals surface area contributed by atoms with Crippen LogP contribution in [0.4, 0.5) is 0 Å². The molecule has 1 aromatic heterocycles. The van der Waals surface area contributed by atoms with Crippen molar-refractivity contribution in [2.75, 3.05) is 13.1 Å². The van der Waals surface area contributed by atoms with Gasteiger partial charge in [-0.3, -0.25) is 0 Å². The Morgan fingerprint density at radius 2 is 1.94 bits per heavy atom. The van der Waals surface area contributed by atoms with E-state index < -0.39 is 0 Å². The summed E-state index contributed by atoms with van der Waals surface area (Å²) in [7, 11) is 0. The van der Waals surface area contributed by atoms with Crippen molar-refractivity contribution in [3.8, 4) is 0 Å². The Morgan fingerprint density at radius 1 is 1.24 bits per heavy atom. The van der Waals surface area contributed by atoms with Crippen LogP contribution in [0.15, 0.2) is 6.33 Å². The van der Waals surface area contributed by atoms with E-state index >= 15 is 0 Å². The minimum Gasteiger partial charge on any atom is -0.317 e. The molecule has 2 unspecified atom stereocenters. The first-order valence-electron chi connectivity index (χ1n) is 6.65. The van der Waals surface area contributed by atoms with Crippen LogP contribution in [0.25, 0.3) is 0 Å². The number of rotatable bonds is 7. The molecule has 2 atom stereocenters. The molecule has 0 radical (unpaired) electrons. The van der Waals surface area contributed by atoms with E-state index in [0.717, 1.165) is 25.3 Å². The Morgan fingerprint density at radius 3 is 2.53 bits per heavy atom. The van der Waals surface area contributed by atoms with Gasteiger partial charge in [0, 0.05) is 12.5 Å². The summed E-state index contributed by atoms with van der Waals surface area (Å²) in [5.41, 5.74) is 0. The quantitative estimate of drug-likeness (QED) is 0.792. The molecule has 1 aromatic rings. The zero-order chi connectivity index (χ0) is 12.8. The van der Waals surface area contributed by atoms with E-state index in [-0.39, 0.29) is 0 Å². The van der Waals surface area contributed by atoms with E-state index in [2.05, 4.69) is 50.0 Å². The molecular formula is C13H26N4. The predicted molar refractivity (Wildman–Crippen MR) is 71.0 cm³/mol. The lowest BCUT2D eigenvalue weighted by Gasteiger charge is -2.20. The summed E-state index contributed by atoms with van der Waals surface area (Å²) in [5.74, 6) is 2.39. The molecule has 0 spiro atoms. The molecule has 1 heterocycles. The third-order valence-corrected chi connectivity index (χ3v) is 3.33. The van der Waals surface area contributed by atoms with Crippen molar-refractivity contribution in [1.82, 2.24) is 20.1 Å². The lowest BCUT2D eigenvalue weighted by atomic mass is 9.92. The molecule has 1 rings (SSSR count). The first kappa shape index (κ1) is 14.2. The van der Waals surface area contributed by atoms with Gasteiger partial charge in [0.25, 0.3) is 0 Å². The minimum absolute atomic E-state index is 0.392. The van der Waals surface area contributed by atoms with Crippen LogP contribution < -0.4 is 5.32 Å². The van der Waals surface area contributed by atoms with Gasteiger partial charge in [0.05, 0.1) is 0 Å². The Kier molecular flexibility index (Phi) is 5.62. The molecule has 4 nitrogen and oxygen atoms in total. The van der Waals surface area contributed by atoms with Crippen LogP contribution in [0.5, 0.6) is 0 Å². The molecule has 0 aliphatic rings. The summed E-state index contributed by atoms with van der Waals surface area (Å²) in [6, 6.07) is 0.392. The molecule has 0 saturated heterocycles. The van der Waals surface area contributed by atoms with Gasteiger partial charge in [-0.05, 0) is 38.8 Å². The van der Waals surface area contributed by atoms with E-state index in [0.29, 0.717) is 17.9 Å². The monoisotopic (exact) mass is 238 g/mol. The van der Waals surface area contributed by atoms with Gasteiger partial charge < -0.3 is 5.32 Å². The summed E-state index contributed by atoms with van der Waals surface area (Å²) in [5, 5.41) is 7.68. The zero-order valence-corrected chi connectivity index (χ0v) is 11.8. The number of nitrogens with zero attached hydrogens (tertiary/aromatic N) is 3. The van der Waals surface area contributed by atoms with Crippen molar-refractivity contribution >= 4 is 0 Å². The van der Waals surface area contributed by atoms with Gasteiger partial charge in [0.2, 0.25) is 0 Å². The van der Waals surface area contributed by atoms with E-state index in [1.54, 1.807) is 6.33 Å². The summed E-state index contributed by atoms with van der Waals surface area (Å²) >= 11 is 0. The molecule has 0 aromatic carbocycles. The second-order valence-corrected chi connectivity index (χ2v) is 5.18. The van der Waals surface area contributed by atoms with Crippen LogP contribution in [0, 0.1) is 11.8 Å². The summed E-state index contributed by atoms with van der Waals surface area (Å²) < 4.78 is 2.02. The minimum atomic E-state index is 0.392.